The third-order valence-corrected chi connectivity index (χ3v) is 3.12. The molecule has 1 aromatic rings. The summed E-state index contributed by atoms with van der Waals surface area (Å²) in [5, 5.41) is 10.6. The highest BCUT2D eigenvalue weighted by Gasteiger charge is 2.10. The van der Waals surface area contributed by atoms with Crippen LogP contribution in [0.25, 0.3) is 0 Å². The van der Waals surface area contributed by atoms with Gasteiger partial charge in [-0.05, 0) is 30.0 Å². The minimum absolute atomic E-state index is 0.433. The van der Waals surface area contributed by atoms with Crippen molar-refractivity contribution in [2.45, 2.75) is 39.2 Å². The van der Waals surface area contributed by atoms with Crippen molar-refractivity contribution in [1.29, 1.82) is 0 Å². The summed E-state index contributed by atoms with van der Waals surface area (Å²) in [6.07, 6.45) is 2.52. The highest BCUT2D eigenvalue weighted by Crippen LogP contribution is 2.29. The van der Waals surface area contributed by atoms with Gasteiger partial charge in [-0.15, -0.1) is 0 Å². The van der Waals surface area contributed by atoms with Gasteiger partial charge >= 0.3 is 0 Å². The molecule has 0 radical (unpaired) electrons. The van der Waals surface area contributed by atoms with E-state index in [1.807, 2.05) is 6.07 Å². The maximum atomic E-state index is 10.0. The Labute approximate surface area is 109 Å². The first-order valence-electron chi connectivity index (χ1n) is 6.06. The zero-order chi connectivity index (χ0) is 12.8. The van der Waals surface area contributed by atoms with Crippen LogP contribution in [0.1, 0.15) is 44.8 Å². The molecule has 1 unspecified atom stereocenters. The first kappa shape index (κ1) is 14.3. The van der Waals surface area contributed by atoms with Crippen molar-refractivity contribution in [1.82, 2.24) is 0 Å². The van der Waals surface area contributed by atoms with Crippen molar-refractivity contribution in [3.63, 3.8) is 0 Å². The fraction of sp³-hybridized carbons (Fsp3) is 0.571. The predicted octanol–water partition coefficient (Wildman–Crippen LogP) is 4.21. The van der Waals surface area contributed by atoms with E-state index in [0.717, 1.165) is 24.8 Å². The molecule has 0 bridgehead atoms. The van der Waals surface area contributed by atoms with E-state index in [-0.39, 0.29) is 0 Å². The monoisotopic (exact) mass is 256 g/mol. The maximum absolute atomic E-state index is 10.0. The SMILES string of the molecule is COc1ccc(C(O)CCCC(C)C)cc1Cl. The van der Waals surface area contributed by atoms with Gasteiger partial charge in [0.25, 0.3) is 0 Å². The standard InChI is InChI=1S/C14H21ClO2/c1-10(2)5-4-6-13(16)11-7-8-14(17-3)12(15)9-11/h7-10,13,16H,4-6H2,1-3H3. The number of methoxy groups -OCH3 is 1. The Hall–Kier alpha value is -0.730. The third-order valence-electron chi connectivity index (χ3n) is 2.82. The molecular formula is C14H21ClO2. The van der Waals surface area contributed by atoms with Gasteiger partial charge < -0.3 is 9.84 Å². The van der Waals surface area contributed by atoms with Crippen LogP contribution in [0, 0.1) is 5.92 Å². The van der Waals surface area contributed by atoms with Gasteiger partial charge in [0, 0.05) is 0 Å². The van der Waals surface area contributed by atoms with Crippen LogP contribution in [0.4, 0.5) is 0 Å². The predicted molar refractivity (Wildman–Crippen MR) is 71.7 cm³/mol. The van der Waals surface area contributed by atoms with Crippen LogP contribution in [-0.2, 0) is 0 Å². The molecule has 0 saturated heterocycles. The highest BCUT2D eigenvalue weighted by molar-refractivity contribution is 6.32. The third kappa shape index (κ3) is 4.57. The van der Waals surface area contributed by atoms with E-state index in [1.54, 1.807) is 19.2 Å². The number of aliphatic hydroxyl groups excluding tert-OH is 1. The molecule has 0 heterocycles. The number of hydrogen-bond acceptors (Lipinski definition) is 2. The van der Waals surface area contributed by atoms with E-state index in [0.29, 0.717) is 16.7 Å². The molecule has 0 spiro atoms. The summed E-state index contributed by atoms with van der Waals surface area (Å²) in [6.45, 7) is 4.38. The molecular weight excluding hydrogens is 236 g/mol. The average molecular weight is 257 g/mol. The molecule has 0 saturated carbocycles. The second kappa shape index (κ2) is 6.87. The van der Waals surface area contributed by atoms with Gasteiger partial charge in [0.2, 0.25) is 0 Å². The number of hydrogen-bond donors (Lipinski definition) is 1. The Balaban J connectivity index is 2.57. The summed E-state index contributed by atoms with van der Waals surface area (Å²) in [6, 6.07) is 5.44. The molecule has 0 aromatic heterocycles. The fourth-order valence-corrected chi connectivity index (χ4v) is 2.04. The molecule has 1 N–H and O–H groups in total. The van der Waals surface area contributed by atoms with Crippen molar-refractivity contribution in [2.75, 3.05) is 7.11 Å². The van der Waals surface area contributed by atoms with Crippen LogP contribution in [0.3, 0.4) is 0 Å². The minimum atomic E-state index is -0.433. The van der Waals surface area contributed by atoms with Crippen LogP contribution < -0.4 is 4.74 Å². The molecule has 96 valence electrons. The summed E-state index contributed by atoms with van der Waals surface area (Å²) in [5.41, 5.74) is 0.861. The number of halogens is 1. The van der Waals surface area contributed by atoms with Gasteiger partial charge in [-0.2, -0.15) is 0 Å². The van der Waals surface area contributed by atoms with Crippen molar-refractivity contribution in [2.24, 2.45) is 5.92 Å². The van der Waals surface area contributed by atoms with Crippen molar-refractivity contribution < 1.29 is 9.84 Å². The van der Waals surface area contributed by atoms with Crippen LogP contribution in [-0.4, -0.2) is 12.2 Å². The molecule has 2 nitrogen and oxygen atoms in total. The number of ether oxygens (including phenoxy) is 1. The second-order valence-electron chi connectivity index (χ2n) is 4.73. The van der Waals surface area contributed by atoms with E-state index >= 15 is 0 Å². The molecule has 1 rings (SSSR count). The zero-order valence-corrected chi connectivity index (χ0v) is 11.5. The van der Waals surface area contributed by atoms with Gasteiger partial charge in [-0.25, -0.2) is 0 Å². The van der Waals surface area contributed by atoms with E-state index in [9.17, 15) is 5.11 Å². The number of aliphatic hydroxyl groups is 1. The largest absolute Gasteiger partial charge is 0.495 e. The lowest BCUT2D eigenvalue weighted by atomic mass is 10.00. The van der Waals surface area contributed by atoms with Gasteiger partial charge in [-0.1, -0.05) is 44.4 Å². The maximum Gasteiger partial charge on any atom is 0.137 e. The summed E-state index contributed by atoms with van der Waals surface area (Å²) in [5.74, 6) is 1.33. The van der Waals surface area contributed by atoms with Crippen molar-refractivity contribution in [3.8, 4) is 5.75 Å². The van der Waals surface area contributed by atoms with E-state index in [4.69, 9.17) is 16.3 Å². The Morgan fingerprint density at radius 3 is 2.53 bits per heavy atom. The lowest BCUT2D eigenvalue weighted by molar-refractivity contribution is 0.162. The molecule has 0 amide bonds. The van der Waals surface area contributed by atoms with Gasteiger partial charge in [0.05, 0.1) is 18.2 Å². The zero-order valence-electron chi connectivity index (χ0n) is 10.7. The van der Waals surface area contributed by atoms with E-state index < -0.39 is 6.10 Å². The van der Waals surface area contributed by atoms with Gasteiger partial charge in [0.15, 0.2) is 0 Å². The average Bonchev–Trinajstić information content (AvgIpc) is 2.28. The van der Waals surface area contributed by atoms with Crippen LogP contribution >= 0.6 is 11.6 Å². The first-order chi connectivity index (χ1) is 8.04. The molecule has 3 heteroatoms. The molecule has 0 aliphatic rings. The smallest absolute Gasteiger partial charge is 0.137 e. The minimum Gasteiger partial charge on any atom is -0.495 e. The Kier molecular flexibility index (Phi) is 5.79. The highest BCUT2D eigenvalue weighted by atomic mass is 35.5. The molecule has 0 aliphatic heterocycles. The molecule has 17 heavy (non-hydrogen) atoms. The lowest BCUT2D eigenvalue weighted by Crippen LogP contribution is -1.99. The normalized spacial score (nSPS) is 12.8. The second-order valence-corrected chi connectivity index (χ2v) is 5.14. The fourth-order valence-electron chi connectivity index (χ4n) is 1.78. The molecule has 0 fully saturated rings. The Morgan fingerprint density at radius 2 is 2.00 bits per heavy atom. The van der Waals surface area contributed by atoms with Crippen molar-refractivity contribution >= 4 is 11.6 Å². The molecule has 1 atom stereocenters. The van der Waals surface area contributed by atoms with Gasteiger partial charge in [0.1, 0.15) is 5.75 Å². The van der Waals surface area contributed by atoms with Crippen LogP contribution in [0.15, 0.2) is 18.2 Å². The quantitative estimate of drug-likeness (QED) is 0.826. The summed E-state index contributed by atoms with van der Waals surface area (Å²) >= 11 is 6.02. The van der Waals surface area contributed by atoms with Gasteiger partial charge in [-0.3, -0.25) is 0 Å². The van der Waals surface area contributed by atoms with Crippen LogP contribution in [0.5, 0.6) is 5.75 Å². The summed E-state index contributed by atoms with van der Waals surface area (Å²) < 4.78 is 5.08. The van der Waals surface area contributed by atoms with E-state index in [2.05, 4.69) is 13.8 Å². The van der Waals surface area contributed by atoms with Crippen molar-refractivity contribution in [3.05, 3.63) is 28.8 Å². The number of rotatable bonds is 6. The number of benzene rings is 1. The lowest BCUT2D eigenvalue weighted by Gasteiger charge is -2.13. The molecule has 1 aromatic carbocycles. The van der Waals surface area contributed by atoms with Crippen LogP contribution in [0.2, 0.25) is 5.02 Å². The van der Waals surface area contributed by atoms with E-state index in [1.165, 1.54) is 0 Å². The Morgan fingerprint density at radius 1 is 1.29 bits per heavy atom. The molecule has 0 aliphatic carbocycles. The summed E-state index contributed by atoms with van der Waals surface area (Å²) in [7, 11) is 1.58. The summed E-state index contributed by atoms with van der Waals surface area (Å²) in [4.78, 5) is 0. The Bertz CT molecular complexity index is 350. The first-order valence-corrected chi connectivity index (χ1v) is 6.44. The topological polar surface area (TPSA) is 29.5 Å².